The first kappa shape index (κ1) is 40.8. The van der Waals surface area contributed by atoms with Gasteiger partial charge in [-0.1, -0.05) is 18.2 Å². The molecular formula is C40H32F7N11O2. The fourth-order valence-electron chi connectivity index (χ4n) is 5.99. The van der Waals surface area contributed by atoms with Gasteiger partial charge in [0, 0.05) is 43.2 Å². The summed E-state index contributed by atoms with van der Waals surface area (Å²) in [7, 11) is 2.86. The molecule has 0 unspecified atom stereocenters. The molecule has 0 radical (unpaired) electrons. The first-order valence-corrected chi connectivity index (χ1v) is 17.8. The Morgan fingerprint density at radius 2 is 1.10 bits per heavy atom. The number of benzene rings is 3. The van der Waals surface area contributed by atoms with Gasteiger partial charge in [0.1, 0.15) is 29.0 Å². The van der Waals surface area contributed by atoms with Crippen molar-refractivity contribution >= 4 is 33.7 Å². The molecule has 0 fully saturated rings. The van der Waals surface area contributed by atoms with Crippen molar-refractivity contribution in [2.45, 2.75) is 32.4 Å². The SMILES string of the molecule is COc1ccc2c(c1)nc(C(F)(F)F)n2-c1cnc(NCc2ccccc2F)cn1.COc1ccc2c(c1)nc(C(F)(F)F)n2-c1cnc(NCc2ccncc2C)cn1. The summed E-state index contributed by atoms with van der Waals surface area (Å²) >= 11 is 0. The van der Waals surface area contributed by atoms with Gasteiger partial charge in [-0.3, -0.25) is 14.1 Å². The monoisotopic (exact) mass is 831 g/mol. The lowest BCUT2D eigenvalue weighted by Gasteiger charge is -2.12. The van der Waals surface area contributed by atoms with Crippen molar-refractivity contribution < 1.29 is 40.2 Å². The maximum atomic E-state index is 13.7. The summed E-state index contributed by atoms with van der Waals surface area (Å²) in [5.41, 5.74) is 3.21. The number of alkyl halides is 6. The van der Waals surface area contributed by atoms with Crippen molar-refractivity contribution in [3.63, 3.8) is 0 Å². The summed E-state index contributed by atoms with van der Waals surface area (Å²) in [6.45, 7) is 2.59. The molecule has 0 saturated heterocycles. The van der Waals surface area contributed by atoms with Crippen LogP contribution in [0.4, 0.5) is 42.4 Å². The molecule has 0 amide bonds. The number of aromatic nitrogens is 9. The third-order valence-electron chi connectivity index (χ3n) is 8.98. The Morgan fingerprint density at radius 3 is 1.53 bits per heavy atom. The highest BCUT2D eigenvalue weighted by molar-refractivity contribution is 5.80. The van der Waals surface area contributed by atoms with Gasteiger partial charge in [-0.15, -0.1) is 0 Å². The number of methoxy groups -OCH3 is 2. The standard InChI is InChI=1S/C20H15F4N5O.C20H17F3N6O/c1-30-13-6-7-16-15(8-13)28-19(20(22,23)24)29(16)18-11-26-17(10-27-18)25-9-12-4-2-3-5-14(12)21;1-12-8-24-6-5-13(12)9-25-17-10-27-18(11-26-17)29-16-4-3-14(30-2)7-15(16)28-19(29)20(21,22)23/h2-8,10-11H,9H2,1H3,(H,25,26);3-8,10-11H,9H2,1-2H3,(H,25,26). The van der Waals surface area contributed by atoms with Crippen LogP contribution in [0.3, 0.4) is 0 Å². The molecule has 13 nitrogen and oxygen atoms in total. The van der Waals surface area contributed by atoms with E-state index in [1.807, 2.05) is 13.0 Å². The number of nitrogens with one attached hydrogen (secondary N) is 2. The number of halogens is 7. The minimum absolute atomic E-state index is 0.0145. The zero-order chi connectivity index (χ0) is 42.6. The summed E-state index contributed by atoms with van der Waals surface area (Å²) < 4.78 is 107. The van der Waals surface area contributed by atoms with E-state index in [-0.39, 0.29) is 46.1 Å². The lowest BCUT2D eigenvalue weighted by Crippen LogP contribution is -2.15. The lowest BCUT2D eigenvalue weighted by molar-refractivity contribution is -0.146. The summed E-state index contributed by atoms with van der Waals surface area (Å²) in [5, 5.41) is 6.00. The third kappa shape index (κ3) is 8.86. The largest absolute Gasteiger partial charge is 0.497 e. The van der Waals surface area contributed by atoms with Crippen molar-refractivity contribution in [2.75, 3.05) is 24.9 Å². The van der Waals surface area contributed by atoms with Crippen LogP contribution in [-0.2, 0) is 25.4 Å². The Hall–Kier alpha value is -7.38. The molecule has 2 N–H and O–H groups in total. The number of nitrogens with zero attached hydrogens (tertiary/aromatic N) is 9. The molecule has 0 bridgehead atoms. The van der Waals surface area contributed by atoms with Crippen molar-refractivity contribution in [3.8, 4) is 23.1 Å². The zero-order valence-electron chi connectivity index (χ0n) is 31.7. The molecule has 0 spiro atoms. The molecule has 60 heavy (non-hydrogen) atoms. The summed E-state index contributed by atoms with van der Waals surface area (Å²) in [6, 6.07) is 17.1. The van der Waals surface area contributed by atoms with Crippen LogP contribution in [-0.4, -0.2) is 58.2 Å². The van der Waals surface area contributed by atoms with Crippen LogP contribution in [0.15, 0.2) is 104 Å². The Balaban J connectivity index is 0.000000181. The number of rotatable bonds is 10. The van der Waals surface area contributed by atoms with E-state index in [2.05, 4.69) is 45.5 Å². The van der Waals surface area contributed by atoms with Crippen molar-refractivity contribution in [2.24, 2.45) is 0 Å². The molecule has 0 atom stereocenters. The van der Waals surface area contributed by atoms with Crippen LogP contribution >= 0.6 is 0 Å². The van der Waals surface area contributed by atoms with Gasteiger partial charge >= 0.3 is 12.4 Å². The molecule has 308 valence electrons. The van der Waals surface area contributed by atoms with Gasteiger partial charge in [0.25, 0.3) is 0 Å². The maximum Gasteiger partial charge on any atom is 0.450 e. The lowest BCUT2D eigenvalue weighted by atomic mass is 10.1. The molecule has 8 aromatic rings. The molecule has 0 aliphatic rings. The van der Waals surface area contributed by atoms with E-state index in [0.717, 1.165) is 20.3 Å². The second-order valence-electron chi connectivity index (χ2n) is 12.9. The van der Waals surface area contributed by atoms with Crippen molar-refractivity contribution in [1.82, 2.24) is 44.0 Å². The Bertz CT molecular complexity index is 2570. The van der Waals surface area contributed by atoms with Gasteiger partial charge in [-0.2, -0.15) is 26.3 Å². The van der Waals surface area contributed by atoms with E-state index in [9.17, 15) is 30.7 Å². The van der Waals surface area contributed by atoms with Gasteiger partial charge in [0.05, 0.1) is 61.1 Å². The molecule has 20 heteroatoms. The average Bonchev–Trinajstić information content (AvgIpc) is 3.83. The molecule has 5 aromatic heterocycles. The molecule has 0 aliphatic heterocycles. The molecule has 5 heterocycles. The Kier molecular flexibility index (Phi) is 11.5. The zero-order valence-corrected chi connectivity index (χ0v) is 31.7. The maximum absolute atomic E-state index is 13.7. The van der Waals surface area contributed by atoms with Crippen LogP contribution in [0, 0.1) is 12.7 Å². The molecule has 8 rings (SSSR count). The summed E-state index contributed by atoms with van der Waals surface area (Å²) in [4.78, 5) is 28.1. The smallest absolute Gasteiger partial charge is 0.450 e. The quantitative estimate of drug-likeness (QED) is 0.128. The van der Waals surface area contributed by atoms with E-state index >= 15 is 0 Å². The second kappa shape index (κ2) is 16.8. The molecule has 0 aliphatic carbocycles. The number of fused-ring (bicyclic) bond motifs is 2. The molecule has 0 saturated carbocycles. The Morgan fingerprint density at radius 1 is 0.600 bits per heavy atom. The van der Waals surface area contributed by atoms with Crippen molar-refractivity contribution in [1.29, 1.82) is 0 Å². The van der Waals surface area contributed by atoms with Gasteiger partial charge < -0.3 is 20.1 Å². The predicted molar refractivity (Wildman–Crippen MR) is 206 cm³/mol. The summed E-state index contributed by atoms with van der Waals surface area (Å²) in [6.07, 6.45) is -0.765. The minimum atomic E-state index is -4.70. The van der Waals surface area contributed by atoms with Crippen LogP contribution in [0.2, 0.25) is 0 Å². The normalized spacial score (nSPS) is 11.6. The number of pyridine rings is 1. The highest BCUT2D eigenvalue weighted by Crippen LogP contribution is 2.36. The minimum Gasteiger partial charge on any atom is -0.497 e. The first-order valence-electron chi connectivity index (χ1n) is 17.8. The summed E-state index contributed by atoms with van der Waals surface area (Å²) in [5.74, 6) is -1.06. The van der Waals surface area contributed by atoms with Crippen LogP contribution in [0.5, 0.6) is 11.5 Å². The fourth-order valence-corrected chi connectivity index (χ4v) is 5.99. The first-order chi connectivity index (χ1) is 28.7. The van der Waals surface area contributed by atoms with Gasteiger partial charge in [0.15, 0.2) is 11.6 Å². The van der Waals surface area contributed by atoms with Gasteiger partial charge in [-0.05, 0) is 54.4 Å². The van der Waals surface area contributed by atoms with Gasteiger partial charge in [-0.25, -0.2) is 34.3 Å². The van der Waals surface area contributed by atoms with Crippen LogP contribution < -0.4 is 20.1 Å². The predicted octanol–water partition coefficient (Wildman–Crippen LogP) is 8.75. The van der Waals surface area contributed by atoms with E-state index < -0.39 is 24.0 Å². The van der Waals surface area contributed by atoms with Gasteiger partial charge in [0.2, 0.25) is 11.6 Å². The number of imidazole rings is 2. The number of hydrogen-bond donors (Lipinski definition) is 2. The highest BCUT2D eigenvalue weighted by Gasteiger charge is 2.39. The van der Waals surface area contributed by atoms with E-state index in [1.54, 1.807) is 42.7 Å². The Labute approximate surface area is 336 Å². The molecule has 3 aromatic carbocycles. The third-order valence-corrected chi connectivity index (χ3v) is 8.98. The van der Waals surface area contributed by atoms with E-state index in [1.165, 1.54) is 69.3 Å². The second-order valence-corrected chi connectivity index (χ2v) is 12.9. The average molecular weight is 832 g/mol. The number of hydrogen-bond acceptors (Lipinski definition) is 11. The topological polar surface area (TPSA) is 143 Å². The van der Waals surface area contributed by atoms with Crippen LogP contribution in [0.1, 0.15) is 28.3 Å². The van der Waals surface area contributed by atoms with E-state index in [0.29, 0.717) is 35.2 Å². The number of anilines is 2. The van der Waals surface area contributed by atoms with E-state index in [4.69, 9.17) is 9.47 Å². The van der Waals surface area contributed by atoms with Crippen LogP contribution in [0.25, 0.3) is 33.7 Å². The highest BCUT2D eigenvalue weighted by atomic mass is 19.4. The number of aryl methyl sites for hydroxylation is 1. The fraction of sp³-hybridized carbons (Fsp3) is 0.175. The van der Waals surface area contributed by atoms with Crippen molar-refractivity contribution in [3.05, 3.63) is 138 Å². The molecular weight excluding hydrogens is 800 g/mol. The number of ether oxygens (including phenoxy) is 2.